The Labute approximate surface area is 130 Å². The van der Waals surface area contributed by atoms with Gasteiger partial charge in [0.25, 0.3) is 0 Å². The third-order valence-electron chi connectivity index (χ3n) is 3.69. The summed E-state index contributed by atoms with van der Waals surface area (Å²) in [5.41, 5.74) is -0.670. The van der Waals surface area contributed by atoms with Crippen molar-refractivity contribution in [1.29, 1.82) is 0 Å². The molecule has 0 aromatic heterocycles. The highest BCUT2D eigenvalue weighted by atomic mass is 79.9. The van der Waals surface area contributed by atoms with E-state index >= 15 is 0 Å². The largest absolute Gasteiger partial charge is 0.478 e. The molecule has 0 saturated heterocycles. The van der Waals surface area contributed by atoms with E-state index in [1.165, 1.54) is 7.05 Å². The van der Waals surface area contributed by atoms with Gasteiger partial charge >= 0.3 is 5.97 Å². The number of sulfonamides is 1. The average molecular weight is 380 g/mol. The molecule has 2 atom stereocenters. The molecule has 1 aromatic rings. The highest BCUT2D eigenvalue weighted by Crippen LogP contribution is 2.39. The summed E-state index contributed by atoms with van der Waals surface area (Å²) in [6.07, 6.45) is 0.946. The maximum absolute atomic E-state index is 14.2. The number of hydrogen-bond acceptors (Lipinski definition) is 3. The van der Waals surface area contributed by atoms with Crippen LogP contribution in [0.4, 0.5) is 4.39 Å². The molecule has 21 heavy (non-hydrogen) atoms. The van der Waals surface area contributed by atoms with Crippen LogP contribution in [-0.2, 0) is 10.0 Å². The van der Waals surface area contributed by atoms with Crippen LogP contribution < -0.4 is 0 Å². The summed E-state index contributed by atoms with van der Waals surface area (Å²) in [7, 11) is -2.69. The summed E-state index contributed by atoms with van der Waals surface area (Å²) < 4.78 is 40.3. The fourth-order valence-corrected chi connectivity index (χ4v) is 4.10. The Kier molecular flexibility index (Phi) is 4.41. The molecule has 2 rings (SSSR count). The van der Waals surface area contributed by atoms with E-state index in [0.717, 1.165) is 22.9 Å². The van der Waals surface area contributed by atoms with Crippen LogP contribution in [-0.4, -0.2) is 37.4 Å². The van der Waals surface area contributed by atoms with Crippen LogP contribution >= 0.6 is 15.9 Å². The van der Waals surface area contributed by atoms with E-state index in [1.54, 1.807) is 0 Å². The highest BCUT2D eigenvalue weighted by Gasteiger charge is 2.37. The molecule has 0 spiro atoms. The van der Waals surface area contributed by atoms with Gasteiger partial charge in [-0.05, 0) is 30.4 Å². The Morgan fingerprint density at radius 2 is 2.10 bits per heavy atom. The number of carboxylic acids is 1. The van der Waals surface area contributed by atoms with E-state index < -0.39 is 32.3 Å². The molecule has 8 heteroatoms. The summed E-state index contributed by atoms with van der Waals surface area (Å²) in [6, 6.07) is 2.13. The first-order chi connectivity index (χ1) is 9.64. The maximum atomic E-state index is 14.2. The van der Waals surface area contributed by atoms with Crippen molar-refractivity contribution in [2.24, 2.45) is 11.8 Å². The van der Waals surface area contributed by atoms with Gasteiger partial charge in [-0.15, -0.1) is 0 Å². The molecule has 0 amide bonds. The highest BCUT2D eigenvalue weighted by molar-refractivity contribution is 9.10. The van der Waals surface area contributed by atoms with Gasteiger partial charge in [-0.1, -0.05) is 22.9 Å². The molecule has 1 aromatic carbocycles. The summed E-state index contributed by atoms with van der Waals surface area (Å²) in [5.74, 6) is -2.01. The normalized spacial score (nSPS) is 21.6. The van der Waals surface area contributed by atoms with Crippen molar-refractivity contribution < 1.29 is 22.7 Å². The van der Waals surface area contributed by atoms with Crippen molar-refractivity contribution in [3.8, 4) is 0 Å². The maximum Gasteiger partial charge on any atom is 0.338 e. The van der Waals surface area contributed by atoms with E-state index in [4.69, 9.17) is 5.11 Å². The van der Waals surface area contributed by atoms with E-state index in [-0.39, 0.29) is 10.4 Å². The molecule has 1 fully saturated rings. The molecule has 0 heterocycles. The van der Waals surface area contributed by atoms with Crippen molar-refractivity contribution in [3.05, 3.63) is 28.0 Å². The molecule has 1 aliphatic rings. The van der Waals surface area contributed by atoms with Crippen molar-refractivity contribution in [2.45, 2.75) is 18.2 Å². The lowest BCUT2D eigenvalue weighted by Gasteiger charge is -2.18. The molecule has 5 nitrogen and oxygen atoms in total. The lowest BCUT2D eigenvalue weighted by Crippen LogP contribution is -2.30. The molecule has 0 radical (unpaired) electrons. The van der Waals surface area contributed by atoms with E-state index in [0.29, 0.717) is 12.5 Å². The van der Waals surface area contributed by atoms with Crippen molar-refractivity contribution >= 4 is 31.9 Å². The van der Waals surface area contributed by atoms with Crippen molar-refractivity contribution in [2.75, 3.05) is 13.6 Å². The molecule has 2 unspecified atom stereocenters. The number of halogens is 2. The molecule has 1 N–H and O–H groups in total. The number of nitrogens with zero attached hydrogens (tertiary/aromatic N) is 1. The van der Waals surface area contributed by atoms with Gasteiger partial charge in [0.1, 0.15) is 4.90 Å². The van der Waals surface area contributed by atoms with E-state index in [2.05, 4.69) is 15.9 Å². The van der Waals surface area contributed by atoms with Gasteiger partial charge in [0.05, 0.1) is 5.56 Å². The first-order valence-corrected chi connectivity index (χ1v) is 8.56. The van der Waals surface area contributed by atoms with Crippen LogP contribution in [0.2, 0.25) is 0 Å². The average Bonchev–Trinajstić information content (AvgIpc) is 3.06. The smallest absolute Gasteiger partial charge is 0.338 e. The molecule has 0 aliphatic heterocycles. The summed E-state index contributed by atoms with van der Waals surface area (Å²) in [6.45, 7) is 2.32. The van der Waals surface area contributed by atoms with Crippen LogP contribution in [0.3, 0.4) is 0 Å². The van der Waals surface area contributed by atoms with Gasteiger partial charge in [0.15, 0.2) is 5.82 Å². The molecule has 116 valence electrons. The first-order valence-electron chi connectivity index (χ1n) is 6.33. The minimum Gasteiger partial charge on any atom is -0.478 e. The van der Waals surface area contributed by atoms with Crippen molar-refractivity contribution in [1.82, 2.24) is 4.31 Å². The second-order valence-electron chi connectivity index (χ2n) is 5.33. The van der Waals surface area contributed by atoms with Crippen LogP contribution in [0, 0.1) is 17.7 Å². The topological polar surface area (TPSA) is 74.7 Å². The number of benzene rings is 1. The van der Waals surface area contributed by atoms with E-state index in [1.807, 2.05) is 6.92 Å². The number of hydrogen-bond donors (Lipinski definition) is 1. The van der Waals surface area contributed by atoms with Gasteiger partial charge in [-0.25, -0.2) is 21.9 Å². The van der Waals surface area contributed by atoms with Gasteiger partial charge in [0, 0.05) is 18.1 Å². The molecule has 0 bridgehead atoms. The number of carboxylic acid groups (broad SMARTS) is 1. The number of carbonyl (C=O) groups is 1. The Balaban J connectivity index is 2.41. The van der Waals surface area contributed by atoms with Gasteiger partial charge < -0.3 is 5.11 Å². The van der Waals surface area contributed by atoms with Gasteiger partial charge in [-0.2, -0.15) is 0 Å². The molecular weight excluding hydrogens is 365 g/mol. The zero-order valence-electron chi connectivity index (χ0n) is 11.5. The third kappa shape index (κ3) is 3.27. The van der Waals surface area contributed by atoms with Crippen LogP contribution in [0.1, 0.15) is 23.7 Å². The van der Waals surface area contributed by atoms with Crippen LogP contribution in [0.5, 0.6) is 0 Å². The Hall–Kier alpha value is -0.990. The predicted octanol–water partition coefficient (Wildman–Crippen LogP) is 2.56. The van der Waals surface area contributed by atoms with Crippen LogP contribution in [0.15, 0.2) is 21.5 Å². The van der Waals surface area contributed by atoms with Gasteiger partial charge in [-0.3, -0.25) is 0 Å². The first kappa shape index (κ1) is 16.4. The van der Waals surface area contributed by atoms with E-state index in [9.17, 15) is 17.6 Å². The summed E-state index contributed by atoms with van der Waals surface area (Å²) >= 11 is 3.02. The quantitative estimate of drug-likeness (QED) is 0.852. The standard InChI is InChI=1S/C13H15BrFNO4S/c1-7-3-8(7)6-16(2)21(19,20)11-5-9(14)4-10(12(11)15)13(17)18/h4-5,7-8H,3,6H2,1-2H3,(H,17,18). The number of aromatic carboxylic acids is 1. The SMILES string of the molecule is CC1CC1CN(C)S(=O)(=O)c1cc(Br)cc(C(=O)O)c1F. The third-order valence-corrected chi connectivity index (χ3v) is 5.97. The Bertz CT molecular complexity index is 692. The molecule has 1 saturated carbocycles. The lowest BCUT2D eigenvalue weighted by molar-refractivity contribution is 0.0691. The zero-order valence-corrected chi connectivity index (χ0v) is 13.9. The van der Waals surface area contributed by atoms with Crippen molar-refractivity contribution in [3.63, 3.8) is 0 Å². The zero-order chi connectivity index (χ0) is 15.9. The summed E-state index contributed by atoms with van der Waals surface area (Å²) in [5, 5.41) is 8.94. The Morgan fingerprint density at radius 3 is 2.57 bits per heavy atom. The Morgan fingerprint density at radius 1 is 1.52 bits per heavy atom. The van der Waals surface area contributed by atoms with Gasteiger partial charge in [0.2, 0.25) is 10.0 Å². The minimum atomic E-state index is -4.06. The fraction of sp³-hybridized carbons (Fsp3) is 0.462. The summed E-state index contributed by atoms with van der Waals surface area (Å²) in [4.78, 5) is 10.4. The predicted molar refractivity (Wildman–Crippen MR) is 78.1 cm³/mol. The lowest BCUT2D eigenvalue weighted by atomic mass is 10.2. The number of rotatable bonds is 5. The monoisotopic (exact) mass is 379 g/mol. The molecular formula is C13H15BrFNO4S. The second kappa shape index (κ2) is 5.66. The molecule has 1 aliphatic carbocycles. The fourth-order valence-electron chi connectivity index (χ4n) is 2.16. The van der Waals surface area contributed by atoms with Crippen LogP contribution in [0.25, 0.3) is 0 Å². The second-order valence-corrected chi connectivity index (χ2v) is 8.26. The minimum absolute atomic E-state index is 0.202.